The zero-order chi connectivity index (χ0) is 20.4. The molecule has 0 saturated carbocycles. The van der Waals surface area contributed by atoms with Crippen molar-refractivity contribution in [2.24, 2.45) is 7.05 Å². The molecule has 0 amide bonds. The summed E-state index contributed by atoms with van der Waals surface area (Å²) in [5, 5.41) is 10.2. The second-order valence-corrected chi connectivity index (χ2v) is 10.6. The van der Waals surface area contributed by atoms with Gasteiger partial charge in [0.2, 0.25) is 20.0 Å². The molecule has 28 heavy (non-hydrogen) atoms. The van der Waals surface area contributed by atoms with Gasteiger partial charge in [0.05, 0.1) is 22.4 Å². The first kappa shape index (κ1) is 20.8. The Labute approximate surface area is 165 Å². The Morgan fingerprint density at radius 2 is 1.89 bits per heavy atom. The van der Waals surface area contributed by atoms with Gasteiger partial charge in [0.25, 0.3) is 0 Å². The summed E-state index contributed by atoms with van der Waals surface area (Å²) in [5.74, 6) is 0.109. The minimum atomic E-state index is -3.75. The molecule has 2 heterocycles. The van der Waals surface area contributed by atoms with Crippen LogP contribution >= 0.6 is 0 Å². The van der Waals surface area contributed by atoms with Crippen LogP contribution in [0.5, 0.6) is 0 Å². The molecule has 1 aliphatic heterocycles. The highest BCUT2D eigenvalue weighted by atomic mass is 32.2. The molecule has 1 fully saturated rings. The molecule has 1 unspecified atom stereocenters. The summed E-state index contributed by atoms with van der Waals surface area (Å²) < 4.78 is 54.8. The number of hydrogen-bond acceptors (Lipinski definition) is 5. The van der Waals surface area contributed by atoms with E-state index in [0.29, 0.717) is 24.3 Å². The van der Waals surface area contributed by atoms with E-state index in [1.165, 1.54) is 28.6 Å². The minimum Gasteiger partial charge on any atom is -0.387 e. The average molecular weight is 428 g/mol. The fourth-order valence-corrected chi connectivity index (χ4v) is 5.94. The molecule has 0 spiro atoms. The Kier molecular flexibility index (Phi) is 6.13. The normalized spacial score (nSPS) is 18.1. The SMILES string of the molecule is Cn1cccc1C(O)CCNS(=O)(=O)c1ccc(N2CCCCS2(=O)=O)cc1. The first-order valence-corrected chi connectivity index (χ1v) is 12.2. The van der Waals surface area contributed by atoms with Crippen LogP contribution in [0.15, 0.2) is 47.5 Å². The van der Waals surface area contributed by atoms with E-state index in [2.05, 4.69) is 4.72 Å². The Morgan fingerprint density at radius 3 is 2.50 bits per heavy atom. The molecule has 1 aromatic carbocycles. The predicted molar refractivity (Wildman–Crippen MR) is 107 cm³/mol. The maximum Gasteiger partial charge on any atom is 0.240 e. The first-order chi connectivity index (χ1) is 13.2. The Balaban J connectivity index is 1.63. The Morgan fingerprint density at radius 1 is 1.18 bits per heavy atom. The monoisotopic (exact) mass is 427 g/mol. The van der Waals surface area contributed by atoms with Gasteiger partial charge < -0.3 is 9.67 Å². The lowest BCUT2D eigenvalue weighted by Gasteiger charge is -2.28. The molecule has 3 rings (SSSR count). The highest BCUT2D eigenvalue weighted by molar-refractivity contribution is 7.92. The average Bonchev–Trinajstić information content (AvgIpc) is 3.07. The molecule has 1 saturated heterocycles. The molecule has 2 aromatic rings. The highest BCUT2D eigenvalue weighted by Crippen LogP contribution is 2.25. The number of aryl methyl sites for hydroxylation is 1. The smallest absolute Gasteiger partial charge is 0.240 e. The van der Waals surface area contributed by atoms with Crippen LogP contribution in [0.4, 0.5) is 5.69 Å². The van der Waals surface area contributed by atoms with Gasteiger partial charge >= 0.3 is 0 Å². The van der Waals surface area contributed by atoms with E-state index in [-0.39, 0.29) is 23.6 Å². The van der Waals surface area contributed by atoms with Gasteiger partial charge in [-0.05, 0) is 55.7 Å². The number of hydrogen-bond donors (Lipinski definition) is 2. The number of nitrogens with zero attached hydrogens (tertiary/aromatic N) is 2. The van der Waals surface area contributed by atoms with Crippen LogP contribution < -0.4 is 9.03 Å². The molecule has 0 aliphatic carbocycles. The van der Waals surface area contributed by atoms with Crippen LogP contribution in [0.1, 0.15) is 31.1 Å². The summed E-state index contributed by atoms with van der Waals surface area (Å²) in [7, 11) is -5.27. The van der Waals surface area contributed by atoms with Crippen LogP contribution in [0.3, 0.4) is 0 Å². The summed E-state index contributed by atoms with van der Waals surface area (Å²) in [5.41, 5.74) is 1.18. The molecule has 154 valence electrons. The van der Waals surface area contributed by atoms with Crippen molar-refractivity contribution in [3.8, 4) is 0 Å². The van der Waals surface area contributed by atoms with Gasteiger partial charge in [-0.25, -0.2) is 21.6 Å². The van der Waals surface area contributed by atoms with Gasteiger partial charge in [-0.15, -0.1) is 0 Å². The van der Waals surface area contributed by atoms with Gasteiger partial charge in [0, 0.05) is 32.0 Å². The largest absolute Gasteiger partial charge is 0.387 e. The van der Waals surface area contributed by atoms with E-state index in [0.717, 1.165) is 6.42 Å². The van der Waals surface area contributed by atoms with Crippen molar-refractivity contribution < 1.29 is 21.9 Å². The van der Waals surface area contributed by atoms with Crippen molar-refractivity contribution in [3.63, 3.8) is 0 Å². The molecule has 1 aromatic heterocycles. The molecular weight excluding hydrogens is 402 g/mol. The summed E-state index contributed by atoms with van der Waals surface area (Å²) >= 11 is 0. The number of aromatic nitrogens is 1. The van der Waals surface area contributed by atoms with Crippen LogP contribution in [-0.2, 0) is 27.1 Å². The molecular formula is C18H25N3O5S2. The number of benzene rings is 1. The van der Waals surface area contributed by atoms with Crippen molar-refractivity contribution in [1.82, 2.24) is 9.29 Å². The minimum absolute atomic E-state index is 0.0546. The van der Waals surface area contributed by atoms with Crippen LogP contribution in [0.2, 0.25) is 0 Å². The highest BCUT2D eigenvalue weighted by Gasteiger charge is 2.26. The topological polar surface area (TPSA) is 109 Å². The standard InChI is InChI=1S/C18H25N3O5S2/c1-20-12-4-5-17(20)18(22)10-11-19-28(25,26)16-8-6-15(7-9-16)21-13-2-3-14-27(21,23)24/h4-9,12,18-19,22H,2-3,10-11,13-14H2,1H3. The lowest BCUT2D eigenvalue weighted by atomic mass is 10.2. The molecule has 8 nitrogen and oxygen atoms in total. The van der Waals surface area contributed by atoms with Gasteiger partial charge in [-0.3, -0.25) is 4.31 Å². The quantitative estimate of drug-likeness (QED) is 0.693. The van der Waals surface area contributed by atoms with Gasteiger partial charge in [0.1, 0.15) is 0 Å². The zero-order valence-corrected chi connectivity index (χ0v) is 17.3. The van der Waals surface area contributed by atoms with E-state index in [4.69, 9.17) is 0 Å². The van der Waals surface area contributed by atoms with E-state index in [1.807, 2.05) is 19.3 Å². The second kappa shape index (κ2) is 8.24. The maximum absolute atomic E-state index is 12.5. The van der Waals surface area contributed by atoms with Crippen LogP contribution in [-0.4, -0.2) is 45.4 Å². The third kappa shape index (κ3) is 4.57. The fraction of sp³-hybridized carbons (Fsp3) is 0.444. The van der Waals surface area contributed by atoms with Crippen LogP contribution in [0, 0.1) is 0 Å². The van der Waals surface area contributed by atoms with Crippen LogP contribution in [0.25, 0.3) is 0 Å². The van der Waals surface area contributed by atoms with E-state index in [9.17, 15) is 21.9 Å². The number of anilines is 1. The predicted octanol–water partition coefficient (Wildman–Crippen LogP) is 1.36. The molecule has 1 atom stereocenters. The second-order valence-electron chi connectivity index (χ2n) is 6.84. The Hall–Kier alpha value is -1.88. The number of sulfonamides is 2. The summed E-state index contributed by atoms with van der Waals surface area (Å²) in [4.78, 5) is 0.0546. The van der Waals surface area contributed by atoms with E-state index in [1.54, 1.807) is 10.6 Å². The summed E-state index contributed by atoms with van der Waals surface area (Å²) in [6.45, 7) is 0.487. The van der Waals surface area contributed by atoms with Gasteiger partial charge in [-0.2, -0.15) is 0 Å². The van der Waals surface area contributed by atoms with Crippen molar-refractivity contribution in [2.45, 2.75) is 30.3 Å². The van der Waals surface area contributed by atoms with Gasteiger partial charge in [0.15, 0.2) is 0 Å². The lowest BCUT2D eigenvalue weighted by molar-refractivity contribution is 0.161. The third-order valence-corrected chi connectivity index (χ3v) is 8.17. The fourth-order valence-electron chi connectivity index (χ4n) is 3.25. The third-order valence-electron chi connectivity index (χ3n) is 4.82. The first-order valence-electron chi connectivity index (χ1n) is 9.10. The zero-order valence-electron chi connectivity index (χ0n) is 15.7. The van der Waals surface area contributed by atoms with Crippen molar-refractivity contribution in [2.75, 3.05) is 23.1 Å². The lowest BCUT2D eigenvalue weighted by Crippen LogP contribution is -2.37. The van der Waals surface area contributed by atoms with Crippen molar-refractivity contribution in [1.29, 1.82) is 0 Å². The van der Waals surface area contributed by atoms with E-state index < -0.39 is 26.2 Å². The number of rotatable bonds is 7. The molecule has 10 heteroatoms. The maximum atomic E-state index is 12.5. The number of nitrogens with one attached hydrogen (secondary N) is 1. The number of aliphatic hydroxyl groups is 1. The summed E-state index contributed by atoms with van der Waals surface area (Å²) in [6, 6.07) is 9.41. The van der Waals surface area contributed by atoms with Gasteiger partial charge in [-0.1, -0.05) is 0 Å². The van der Waals surface area contributed by atoms with Crippen molar-refractivity contribution >= 4 is 25.7 Å². The Bertz CT molecular complexity index is 1010. The number of aliphatic hydroxyl groups excluding tert-OH is 1. The molecule has 2 N–H and O–H groups in total. The van der Waals surface area contributed by atoms with Crippen molar-refractivity contribution in [3.05, 3.63) is 48.3 Å². The van der Waals surface area contributed by atoms with E-state index >= 15 is 0 Å². The molecule has 1 aliphatic rings. The molecule has 0 bridgehead atoms. The summed E-state index contributed by atoms with van der Waals surface area (Å²) in [6.07, 6.45) is 2.71. The molecule has 0 radical (unpaired) electrons.